The van der Waals surface area contributed by atoms with Crippen molar-refractivity contribution >= 4 is 9.84 Å². The van der Waals surface area contributed by atoms with E-state index in [1.54, 1.807) is 0 Å². The lowest BCUT2D eigenvalue weighted by Crippen LogP contribution is -2.44. The summed E-state index contributed by atoms with van der Waals surface area (Å²) in [6.07, 6.45) is -10.6. The fourth-order valence-corrected chi connectivity index (χ4v) is 2.19. The third kappa shape index (κ3) is 2.88. The quantitative estimate of drug-likeness (QED) is 0.765. The van der Waals surface area contributed by atoms with E-state index in [0.29, 0.717) is 0 Å². The summed E-state index contributed by atoms with van der Waals surface area (Å²) in [6.45, 7) is 0. The van der Waals surface area contributed by atoms with Crippen LogP contribution in [0.25, 0.3) is 0 Å². The molecule has 0 saturated heterocycles. The van der Waals surface area contributed by atoms with Crippen LogP contribution in [0.1, 0.15) is 5.56 Å². The first kappa shape index (κ1) is 18.6. The molecule has 1 aromatic carbocycles. The van der Waals surface area contributed by atoms with Crippen LogP contribution in [0.3, 0.4) is 0 Å². The Bertz CT molecular complexity index is 630. The average molecular weight is 360 g/mol. The van der Waals surface area contributed by atoms with E-state index in [4.69, 9.17) is 0 Å². The van der Waals surface area contributed by atoms with Crippen molar-refractivity contribution in [2.75, 3.05) is 0 Å². The zero-order valence-corrected chi connectivity index (χ0v) is 10.8. The van der Waals surface area contributed by atoms with Gasteiger partial charge in [-0.3, -0.25) is 0 Å². The summed E-state index contributed by atoms with van der Waals surface area (Å²) in [5.41, 5.74) is -12.6. The second kappa shape index (κ2) is 5.32. The average Bonchev–Trinajstić information content (AvgIpc) is 2.35. The summed E-state index contributed by atoms with van der Waals surface area (Å²) >= 11 is 0. The molecule has 0 spiro atoms. The number of halogens is 9. The normalized spacial score (nSPS) is 16.6. The van der Waals surface area contributed by atoms with Gasteiger partial charge in [-0.25, -0.2) is 21.6 Å². The fourth-order valence-electron chi connectivity index (χ4n) is 1.42. The monoisotopic (exact) mass is 360 g/mol. The molecule has 0 N–H and O–H groups in total. The third-order valence-electron chi connectivity index (χ3n) is 2.60. The van der Waals surface area contributed by atoms with Crippen LogP contribution in [0.15, 0.2) is 29.2 Å². The Labute approximate surface area is 117 Å². The van der Waals surface area contributed by atoms with Gasteiger partial charge in [-0.1, -0.05) is 12.1 Å². The molecule has 1 unspecified atom stereocenters. The predicted molar refractivity (Wildman–Crippen MR) is 54.5 cm³/mol. The van der Waals surface area contributed by atoms with Crippen molar-refractivity contribution < 1.29 is 47.9 Å². The molecule has 0 amide bonds. The van der Waals surface area contributed by atoms with Crippen molar-refractivity contribution in [1.29, 1.82) is 0 Å². The van der Waals surface area contributed by atoms with Gasteiger partial charge in [-0.05, 0) is 12.1 Å². The van der Waals surface area contributed by atoms with Gasteiger partial charge in [0.05, 0.1) is 4.90 Å². The van der Waals surface area contributed by atoms with E-state index >= 15 is 0 Å². The summed E-state index contributed by atoms with van der Waals surface area (Å²) in [5.74, 6) is 0. The van der Waals surface area contributed by atoms with Crippen LogP contribution >= 0.6 is 0 Å². The number of benzene rings is 1. The van der Waals surface area contributed by atoms with E-state index < -0.39 is 44.1 Å². The van der Waals surface area contributed by atoms with Crippen molar-refractivity contribution in [2.24, 2.45) is 0 Å². The Balaban J connectivity index is 3.40. The molecule has 12 heteroatoms. The van der Waals surface area contributed by atoms with Crippen molar-refractivity contribution in [3.8, 4) is 0 Å². The Kier molecular flexibility index (Phi) is 4.49. The SMILES string of the molecule is O=S(=O)(c1ccc(C(F)(C(F)F)C(F)(F)F)cc1)C(F)(F)F. The number of hydrogen-bond donors (Lipinski definition) is 0. The first-order chi connectivity index (χ1) is 9.65. The summed E-state index contributed by atoms with van der Waals surface area (Å²) < 4.78 is 134. The Morgan fingerprint density at radius 3 is 1.50 bits per heavy atom. The lowest BCUT2D eigenvalue weighted by atomic mass is 9.95. The molecule has 0 aliphatic carbocycles. The van der Waals surface area contributed by atoms with Crippen LogP contribution in [0, 0.1) is 0 Å². The lowest BCUT2D eigenvalue weighted by molar-refractivity contribution is -0.274. The minimum atomic E-state index is -6.05. The molecule has 0 aliphatic heterocycles. The van der Waals surface area contributed by atoms with Crippen molar-refractivity contribution in [2.45, 2.75) is 28.7 Å². The van der Waals surface area contributed by atoms with Crippen LogP contribution in [0.2, 0.25) is 0 Å². The molecule has 0 aliphatic rings. The standard InChI is InChI=1S/C10H5F9O2S/c11-7(12)8(13,9(14,15)16)5-1-3-6(4-2-5)22(20,21)10(17,18)19/h1-4,7H. The summed E-state index contributed by atoms with van der Waals surface area (Å²) in [5, 5.41) is 0. The van der Waals surface area contributed by atoms with E-state index in [2.05, 4.69) is 0 Å². The summed E-state index contributed by atoms with van der Waals surface area (Å²) in [4.78, 5) is -1.50. The molecule has 1 atom stereocenters. The van der Waals surface area contributed by atoms with Gasteiger partial charge in [0.1, 0.15) is 0 Å². The van der Waals surface area contributed by atoms with Gasteiger partial charge >= 0.3 is 11.7 Å². The molecule has 0 heterocycles. The minimum absolute atomic E-state index is 0.0272. The van der Waals surface area contributed by atoms with E-state index in [0.717, 1.165) is 0 Å². The molecule has 1 aromatic rings. The molecular weight excluding hydrogens is 355 g/mol. The molecule has 0 bridgehead atoms. The highest BCUT2D eigenvalue weighted by Gasteiger charge is 2.64. The molecule has 0 radical (unpaired) electrons. The minimum Gasteiger partial charge on any atom is -0.222 e. The molecule has 0 fully saturated rings. The van der Waals surface area contributed by atoms with E-state index in [1.165, 1.54) is 0 Å². The van der Waals surface area contributed by atoms with E-state index in [1.807, 2.05) is 0 Å². The number of rotatable bonds is 3. The largest absolute Gasteiger partial charge is 0.501 e. The maximum atomic E-state index is 13.6. The molecule has 2 nitrogen and oxygen atoms in total. The highest BCUT2D eigenvalue weighted by atomic mass is 32.2. The first-order valence-electron chi connectivity index (χ1n) is 5.11. The van der Waals surface area contributed by atoms with Gasteiger partial charge in [0.25, 0.3) is 21.9 Å². The van der Waals surface area contributed by atoms with Gasteiger partial charge in [-0.15, -0.1) is 0 Å². The Morgan fingerprint density at radius 2 is 1.23 bits per heavy atom. The predicted octanol–water partition coefficient (Wildman–Crippen LogP) is 3.97. The maximum absolute atomic E-state index is 13.6. The number of hydrogen-bond acceptors (Lipinski definition) is 2. The molecule has 0 saturated carbocycles. The van der Waals surface area contributed by atoms with Crippen LogP contribution in [0.4, 0.5) is 39.5 Å². The summed E-state index contributed by atoms with van der Waals surface area (Å²) in [6, 6.07) is -0.224. The zero-order chi connectivity index (χ0) is 17.6. The number of sulfone groups is 1. The van der Waals surface area contributed by atoms with Crippen LogP contribution in [0.5, 0.6) is 0 Å². The van der Waals surface area contributed by atoms with Gasteiger partial charge in [-0.2, -0.15) is 26.3 Å². The van der Waals surface area contributed by atoms with Gasteiger partial charge < -0.3 is 0 Å². The maximum Gasteiger partial charge on any atom is 0.501 e. The Morgan fingerprint density at radius 1 is 0.818 bits per heavy atom. The van der Waals surface area contributed by atoms with Gasteiger partial charge in [0.2, 0.25) is 0 Å². The topological polar surface area (TPSA) is 34.1 Å². The number of alkyl halides is 9. The van der Waals surface area contributed by atoms with Gasteiger partial charge in [0, 0.05) is 5.56 Å². The smallest absolute Gasteiger partial charge is 0.222 e. The molecule has 22 heavy (non-hydrogen) atoms. The molecular formula is C10H5F9O2S. The van der Waals surface area contributed by atoms with Crippen LogP contribution in [-0.2, 0) is 15.5 Å². The first-order valence-corrected chi connectivity index (χ1v) is 6.59. The van der Waals surface area contributed by atoms with E-state index in [9.17, 15) is 47.9 Å². The fraction of sp³-hybridized carbons (Fsp3) is 0.400. The lowest BCUT2D eigenvalue weighted by Gasteiger charge is -2.27. The molecule has 126 valence electrons. The van der Waals surface area contributed by atoms with Crippen molar-refractivity contribution in [1.82, 2.24) is 0 Å². The van der Waals surface area contributed by atoms with E-state index in [-0.39, 0.29) is 24.3 Å². The highest BCUT2D eigenvalue weighted by Crippen LogP contribution is 2.47. The summed E-state index contributed by atoms with van der Waals surface area (Å²) in [7, 11) is -5.89. The van der Waals surface area contributed by atoms with Crippen LogP contribution in [-0.4, -0.2) is 26.5 Å². The Hall–Kier alpha value is -1.46. The molecule has 1 rings (SSSR count). The van der Waals surface area contributed by atoms with Crippen molar-refractivity contribution in [3.05, 3.63) is 29.8 Å². The third-order valence-corrected chi connectivity index (χ3v) is 4.10. The van der Waals surface area contributed by atoms with Crippen LogP contribution < -0.4 is 0 Å². The molecule has 0 aromatic heterocycles. The highest BCUT2D eigenvalue weighted by molar-refractivity contribution is 7.92. The van der Waals surface area contributed by atoms with Crippen molar-refractivity contribution in [3.63, 3.8) is 0 Å². The second-order valence-electron chi connectivity index (χ2n) is 3.98. The second-order valence-corrected chi connectivity index (χ2v) is 5.92. The van der Waals surface area contributed by atoms with Gasteiger partial charge in [0.15, 0.2) is 0 Å². The zero-order valence-electron chi connectivity index (χ0n) is 10.0.